The molecule has 0 bridgehead atoms. The quantitative estimate of drug-likeness (QED) is 0.507. The first kappa shape index (κ1) is 19.9. The molecule has 0 spiro atoms. The van der Waals surface area contributed by atoms with E-state index in [4.69, 9.17) is 12.2 Å². The summed E-state index contributed by atoms with van der Waals surface area (Å²) in [6.07, 6.45) is 1.87. The van der Waals surface area contributed by atoms with Gasteiger partial charge in [0.1, 0.15) is 4.32 Å². The van der Waals surface area contributed by atoms with Crippen LogP contribution in [0.4, 0.5) is 5.69 Å². The Hall–Kier alpha value is -2.44. The largest absolute Gasteiger partial charge is 0.303 e. The predicted molar refractivity (Wildman–Crippen MR) is 123 cm³/mol. The lowest BCUT2D eigenvalue weighted by Crippen LogP contribution is -2.30. The van der Waals surface area contributed by atoms with E-state index in [1.54, 1.807) is 9.80 Å². The molecule has 2 amide bonds. The van der Waals surface area contributed by atoms with E-state index in [-0.39, 0.29) is 11.8 Å². The molecule has 29 heavy (non-hydrogen) atoms. The van der Waals surface area contributed by atoms with Crippen LogP contribution in [-0.4, -0.2) is 27.6 Å². The van der Waals surface area contributed by atoms with Crippen molar-refractivity contribution in [2.45, 2.75) is 33.2 Å². The molecule has 1 saturated heterocycles. The highest BCUT2D eigenvalue weighted by Gasteiger charge is 2.41. The van der Waals surface area contributed by atoms with Crippen LogP contribution in [0.25, 0.3) is 5.57 Å². The lowest BCUT2D eigenvalue weighted by Gasteiger charge is -2.17. The molecule has 4 nitrogen and oxygen atoms in total. The number of nitrogens with zero attached hydrogens (tertiary/aromatic N) is 2. The van der Waals surface area contributed by atoms with Crippen LogP contribution in [-0.2, 0) is 16.1 Å². The number of fused-ring (bicyclic) bond motifs is 1. The van der Waals surface area contributed by atoms with Crippen molar-refractivity contribution in [2.24, 2.45) is 0 Å². The van der Waals surface area contributed by atoms with Gasteiger partial charge in [0.15, 0.2) is 0 Å². The summed E-state index contributed by atoms with van der Waals surface area (Å²) in [5, 5.41) is 0. The van der Waals surface area contributed by atoms with E-state index in [1.165, 1.54) is 17.3 Å². The molecule has 0 saturated carbocycles. The Balaban J connectivity index is 1.73. The maximum Gasteiger partial charge on any atom is 0.267 e. The molecule has 148 valence electrons. The lowest BCUT2D eigenvalue weighted by molar-refractivity contribution is -0.122. The van der Waals surface area contributed by atoms with E-state index in [9.17, 15) is 9.59 Å². The first-order valence-corrected chi connectivity index (χ1v) is 11.0. The van der Waals surface area contributed by atoms with Gasteiger partial charge < -0.3 is 4.90 Å². The van der Waals surface area contributed by atoms with E-state index in [0.29, 0.717) is 27.9 Å². The van der Waals surface area contributed by atoms with E-state index < -0.39 is 0 Å². The summed E-state index contributed by atoms with van der Waals surface area (Å²) in [4.78, 5) is 30.3. The van der Waals surface area contributed by atoms with Crippen molar-refractivity contribution in [3.63, 3.8) is 0 Å². The summed E-state index contributed by atoms with van der Waals surface area (Å²) in [6, 6.07) is 15.8. The molecule has 0 unspecified atom stereocenters. The summed E-state index contributed by atoms with van der Waals surface area (Å²) in [7, 11) is 0. The van der Waals surface area contributed by atoms with E-state index in [2.05, 4.69) is 6.92 Å². The minimum absolute atomic E-state index is 0.136. The average molecular weight is 423 g/mol. The van der Waals surface area contributed by atoms with Crippen LogP contribution in [0.2, 0.25) is 0 Å². The van der Waals surface area contributed by atoms with Gasteiger partial charge in [0.2, 0.25) is 0 Å². The molecule has 2 heterocycles. The standard InChI is InChI=1S/C23H22N2O2S2/c1-3-4-13-24-22(27)20(29-23(24)28)19-17-7-5-6-8-18(17)25(21(19)26)14-16-11-9-15(2)10-12-16/h5-12H,3-4,13-14H2,1-2H3. The van der Waals surface area contributed by atoms with Gasteiger partial charge in [-0.3, -0.25) is 14.5 Å². The monoisotopic (exact) mass is 422 g/mol. The Bertz CT molecular complexity index is 1030. The highest BCUT2D eigenvalue weighted by molar-refractivity contribution is 8.26. The maximum absolute atomic E-state index is 13.4. The number of carbonyl (C=O) groups is 2. The van der Waals surface area contributed by atoms with Crippen LogP contribution in [0.15, 0.2) is 53.4 Å². The SMILES string of the molecule is CCCCN1C(=O)C(=C2C(=O)N(Cc3ccc(C)cc3)c3ccccc32)SC1=S. The van der Waals surface area contributed by atoms with Gasteiger partial charge in [0.05, 0.1) is 22.7 Å². The van der Waals surface area contributed by atoms with Crippen molar-refractivity contribution in [2.75, 3.05) is 11.4 Å². The Morgan fingerprint density at radius 2 is 1.69 bits per heavy atom. The number of rotatable bonds is 5. The summed E-state index contributed by atoms with van der Waals surface area (Å²) in [6.45, 7) is 5.19. The fourth-order valence-electron chi connectivity index (χ4n) is 3.59. The van der Waals surface area contributed by atoms with Gasteiger partial charge in [-0.25, -0.2) is 0 Å². The summed E-state index contributed by atoms with van der Waals surface area (Å²) in [5.41, 5.74) is 4.35. The topological polar surface area (TPSA) is 40.6 Å². The fourth-order valence-corrected chi connectivity index (χ4v) is 4.97. The molecule has 0 aliphatic carbocycles. The van der Waals surface area contributed by atoms with Crippen molar-refractivity contribution in [3.8, 4) is 0 Å². The van der Waals surface area contributed by atoms with E-state index >= 15 is 0 Å². The first-order chi connectivity index (χ1) is 14.0. The number of hydrogen-bond acceptors (Lipinski definition) is 4. The number of amides is 2. The summed E-state index contributed by atoms with van der Waals surface area (Å²) < 4.78 is 0.535. The van der Waals surface area contributed by atoms with Crippen LogP contribution >= 0.6 is 24.0 Å². The minimum Gasteiger partial charge on any atom is -0.303 e. The molecular formula is C23H22N2O2S2. The number of thioether (sulfide) groups is 1. The Morgan fingerprint density at radius 3 is 2.41 bits per heavy atom. The zero-order valence-electron chi connectivity index (χ0n) is 16.5. The van der Waals surface area contributed by atoms with Crippen LogP contribution in [0.5, 0.6) is 0 Å². The number of anilines is 1. The Morgan fingerprint density at radius 1 is 0.966 bits per heavy atom. The lowest BCUT2D eigenvalue weighted by atomic mass is 10.1. The number of hydrogen-bond donors (Lipinski definition) is 0. The van der Waals surface area contributed by atoms with Gasteiger partial charge in [0, 0.05) is 12.1 Å². The number of aryl methyl sites for hydroxylation is 1. The van der Waals surface area contributed by atoms with Gasteiger partial charge >= 0.3 is 0 Å². The van der Waals surface area contributed by atoms with Gasteiger partial charge in [-0.1, -0.05) is 85.4 Å². The summed E-state index contributed by atoms with van der Waals surface area (Å²) in [5.74, 6) is -0.286. The van der Waals surface area contributed by atoms with Crippen LogP contribution in [0, 0.1) is 6.92 Å². The third kappa shape index (κ3) is 3.63. The van der Waals surface area contributed by atoms with Crippen LogP contribution < -0.4 is 4.90 Å². The predicted octanol–water partition coefficient (Wildman–Crippen LogP) is 4.91. The number of thiocarbonyl (C=S) groups is 1. The number of carbonyl (C=O) groups excluding carboxylic acids is 2. The van der Waals surface area contributed by atoms with Gasteiger partial charge in [0.25, 0.3) is 11.8 Å². The van der Waals surface area contributed by atoms with Crippen molar-refractivity contribution >= 4 is 51.4 Å². The number of benzene rings is 2. The minimum atomic E-state index is -0.149. The fraction of sp³-hybridized carbons (Fsp3) is 0.261. The molecule has 0 aromatic heterocycles. The van der Waals surface area contributed by atoms with E-state index in [1.807, 2.05) is 55.5 Å². The third-order valence-electron chi connectivity index (χ3n) is 5.20. The van der Waals surface area contributed by atoms with Crippen molar-refractivity contribution in [3.05, 3.63) is 70.1 Å². The molecule has 2 aromatic carbocycles. The highest BCUT2D eigenvalue weighted by atomic mass is 32.2. The summed E-state index contributed by atoms with van der Waals surface area (Å²) >= 11 is 6.68. The molecule has 0 radical (unpaired) electrons. The van der Waals surface area contributed by atoms with Crippen molar-refractivity contribution < 1.29 is 9.59 Å². The molecule has 1 fully saturated rings. The molecule has 6 heteroatoms. The second-order valence-corrected chi connectivity index (χ2v) is 8.92. The first-order valence-electron chi connectivity index (χ1n) is 9.76. The van der Waals surface area contributed by atoms with Gasteiger partial charge in [-0.2, -0.15) is 0 Å². The molecular weight excluding hydrogens is 400 g/mol. The van der Waals surface area contributed by atoms with E-state index in [0.717, 1.165) is 29.7 Å². The Labute approximate surface area is 180 Å². The average Bonchev–Trinajstić information content (AvgIpc) is 3.15. The molecule has 2 aliphatic rings. The number of unbranched alkanes of at least 4 members (excludes halogenated alkanes) is 1. The normalized spacial score (nSPS) is 18.8. The second kappa shape index (κ2) is 8.13. The number of para-hydroxylation sites is 1. The Kier molecular flexibility index (Phi) is 5.56. The molecule has 2 aromatic rings. The third-order valence-corrected chi connectivity index (χ3v) is 6.64. The smallest absolute Gasteiger partial charge is 0.267 e. The van der Waals surface area contributed by atoms with Crippen molar-refractivity contribution in [1.82, 2.24) is 4.90 Å². The maximum atomic E-state index is 13.4. The molecule has 0 N–H and O–H groups in total. The van der Waals surface area contributed by atoms with Gasteiger partial charge in [-0.15, -0.1) is 0 Å². The zero-order valence-corrected chi connectivity index (χ0v) is 18.1. The second-order valence-electron chi connectivity index (χ2n) is 7.28. The van der Waals surface area contributed by atoms with Gasteiger partial charge in [-0.05, 0) is 25.0 Å². The van der Waals surface area contributed by atoms with Crippen molar-refractivity contribution in [1.29, 1.82) is 0 Å². The van der Waals surface area contributed by atoms with Crippen LogP contribution in [0.3, 0.4) is 0 Å². The molecule has 0 atom stereocenters. The molecule has 4 rings (SSSR count). The zero-order chi connectivity index (χ0) is 20.5. The molecule has 2 aliphatic heterocycles. The van der Waals surface area contributed by atoms with Crippen LogP contribution in [0.1, 0.15) is 36.5 Å². The highest BCUT2D eigenvalue weighted by Crippen LogP contribution is 2.45.